The first-order valence-electron chi connectivity index (χ1n) is 12.1. The Kier molecular flexibility index (Phi) is 5.74. The van der Waals surface area contributed by atoms with E-state index in [-0.39, 0.29) is 12.0 Å². The van der Waals surface area contributed by atoms with Crippen LogP contribution in [0, 0.1) is 34.5 Å². The van der Waals surface area contributed by atoms with E-state index in [0.29, 0.717) is 23.7 Å². The third-order valence-corrected chi connectivity index (χ3v) is 10.1. The van der Waals surface area contributed by atoms with Gasteiger partial charge in [-0.2, -0.15) is 0 Å². The van der Waals surface area contributed by atoms with Gasteiger partial charge >= 0.3 is 11.9 Å². The predicted molar refractivity (Wildman–Crippen MR) is 113 cm³/mol. The van der Waals surface area contributed by atoms with Crippen molar-refractivity contribution in [2.45, 2.75) is 104 Å². The molecule has 8 atom stereocenters. The van der Waals surface area contributed by atoms with Gasteiger partial charge in [0.15, 0.2) is 6.10 Å². The van der Waals surface area contributed by atoms with Gasteiger partial charge < -0.3 is 14.6 Å². The summed E-state index contributed by atoms with van der Waals surface area (Å²) in [7, 11) is 0. The Labute approximate surface area is 181 Å². The van der Waals surface area contributed by atoms with E-state index in [9.17, 15) is 14.7 Å². The summed E-state index contributed by atoms with van der Waals surface area (Å²) < 4.78 is 10.8. The first-order valence-corrected chi connectivity index (χ1v) is 12.1. The lowest BCUT2D eigenvalue weighted by molar-refractivity contribution is -0.211. The third kappa shape index (κ3) is 3.30. The van der Waals surface area contributed by atoms with Crippen molar-refractivity contribution in [3.63, 3.8) is 0 Å². The molecule has 0 bridgehead atoms. The van der Waals surface area contributed by atoms with E-state index in [0.717, 1.165) is 31.1 Å². The second kappa shape index (κ2) is 7.79. The van der Waals surface area contributed by atoms with Crippen LogP contribution in [0.5, 0.6) is 0 Å². The van der Waals surface area contributed by atoms with E-state index in [1.807, 2.05) is 0 Å². The molecule has 5 heteroatoms. The van der Waals surface area contributed by atoms with Crippen molar-refractivity contribution in [3.05, 3.63) is 0 Å². The molecule has 170 valence electrons. The van der Waals surface area contributed by atoms with Crippen LogP contribution in [-0.4, -0.2) is 35.4 Å². The summed E-state index contributed by atoms with van der Waals surface area (Å²) in [5, 5.41) is 12.0. The van der Waals surface area contributed by atoms with Crippen LogP contribution in [0.4, 0.5) is 0 Å². The van der Waals surface area contributed by atoms with Crippen molar-refractivity contribution in [2.24, 2.45) is 34.5 Å². The van der Waals surface area contributed by atoms with Crippen molar-refractivity contribution in [2.75, 3.05) is 6.61 Å². The van der Waals surface area contributed by atoms with Gasteiger partial charge in [-0.25, -0.2) is 0 Å². The minimum Gasteiger partial charge on any atom is -0.462 e. The highest BCUT2D eigenvalue weighted by atomic mass is 16.6. The summed E-state index contributed by atoms with van der Waals surface area (Å²) in [4.78, 5) is 23.2. The summed E-state index contributed by atoms with van der Waals surface area (Å²) in [5.74, 6) is 1.85. The Morgan fingerprint density at radius 2 is 1.67 bits per heavy atom. The van der Waals surface area contributed by atoms with E-state index in [1.54, 1.807) is 0 Å². The number of esters is 2. The first-order chi connectivity index (χ1) is 14.1. The second-order valence-corrected chi connectivity index (χ2v) is 11.2. The zero-order valence-electron chi connectivity index (χ0n) is 19.2. The molecule has 5 nitrogen and oxygen atoms in total. The molecule has 4 aliphatic rings. The molecule has 0 radical (unpaired) electrons. The summed E-state index contributed by atoms with van der Waals surface area (Å²) in [6.45, 7) is 7.41. The maximum atomic E-state index is 12.0. The number of carbonyl (C=O) groups excluding carboxylic acids is 2. The van der Waals surface area contributed by atoms with Gasteiger partial charge in [-0.15, -0.1) is 0 Å². The van der Waals surface area contributed by atoms with Crippen molar-refractivity contribution in [3.8, 4) is 0 Å². The van der Waals surface area contributed by atoms with Crippen molar-refractivity contribution >= 4 is 11.9 Å². The largest absolute Gasteiger partial charge is 0.462 e. The SMILES string of the molecule is CC(=O)OC[C@@H](OC(C)=O)[C@@]1(O)CC[C@H]2[C@@H]3CC[C@H]4CCCC[C@]4(C)[C@H]3CC[C@@]21C. The summed E-state index contributed by atoms with van der Waals surface area (Å²) in [5.41, 5.74) is -1.00. The van der Waals surface area contributed by atoms with Crippen molar-refractivity contribution in [1.82, 2.24) is 0 Å². The lowest BCUT2D eigenvalue weighted by Crippen LogP contribution is -2.61. The maximum Gasteiger partial charge on any atom is 0.303 e. The van der Waals surface area contributed by atoms with Gasteiger partial charge in [0.25, 0.3) is 0 Å². The Hall–Kier alpha value is -1.10. The number of aliphatic hydroxyl groups is 1. The zero-order chi connectivity index (χ0) is 21.7. The molecule has 0 amide bonds. The quantitative estimate of drug-likeness (QED) is 0.671. The fourth-order valence-corrected chi connectivity index (χ4v) is 8.54. The third-order valence-electron chi connectivity index (χ3n) is 10.1. The molecule has 0 aromatic carbocycles. The molecular weight excluding hydrogens is 380 g/mol. The molecule has 30 heavy (non-hydrogen) atoms. The Morgan fingerprint density at radius 3 is 2.37 bits per heavy atom. The molecule has 0 unspecified atom stereocenters. The molecule has 4 fully saturated rings. The van der Waals surface area contributed by atoms with Crippen LogP contribution >= 0.6 is 0 Å². The monoisotopic (exact) mass is 420 g/mol. The zero-order valence-corrected chi connectivity index (χ0v) is 19.2. The lowest BCUT2D eigenvalue weighted by atomic mass is 9.44. The first kappa shape index (κ1) is 22.1. The minimum absolute atomic E-state index is 0.0678. The molecule has 4 rings (SSSR count). The van der Waals surface area contributed by atoms with Crippen LogP contribution in [0.3, 0.4) is 0 Å². The molecule has 0 saturated heterocycles. The van der Waals surface area contributed by atoms with E-state index in [2.05, 4.69) is 13.8 Å². The van der Waals surface area contributed by atoms with Gasteiger partial charge in [-0.1, -0.05) is 26.7 Å². The summed E-state index contributed by atoms with van der Waals surface area (Å²) in [6, 6.07) is 0. The van der Waals surface area contributed by atoms with Gasteiger partial charge in [0.05, 0.1) is 0 Å². The lowest BCUT2D eigenvalue weighted by Gasteiger charge is -2.61. The summed E-state index contributed by atoms with van der Waals surface area (Å²) in [6.07, 6.45) is 11.0. The highest BCUT2D eigenvalue weighted by Crippen LogP contribution is 2.68. The van der Waals surface area contributed by atoms with Gasteiger partial charge in [-0.3, -0.25) is 9.59 Å². The molecule has 0 aromatic rings. The average Bonchev–Trinajstić information content (AvgIpc) is 2.96. The topological polar surface area (TPSA) is 72.8 Å². The Bertz CT molecular complexity index is 691. The molecule has 0 aliphatic heterocycles. The van der Waals surface area contributed by atoms with Crippen LogP contribution in [0.1, 0.15) is 91.9 Å². The van der Waals surface area contributed by atoms with Gasteiger partial charge in [0.2, 0.25) is 0 Å². The fraction of sp³-hybridized carbons (Fsp3) is 0.920. The Balaban J connectivity index is 1.60. The molecule has 0 spiro atoms. The van der Waals surface area contributed by atoms with E-state index in [4.69, 9.17) is 9.47 Å². The van der Waals surface area contributed by atoms with E-state index < -0.39 is 23.6 Å². The predicted octanol–water partition coefficient (Wildman–Crippen LogP) is 4.65. The van der Waals surface area contributed by atoms with Crippen LogP contribution in [-0.2, 0) is 19.1 Å². The van der Waals surface area contributed by atoms with E-state index >= 15 is 0 Å². The van der Waals surface area contributed by atoms with E-state index in [1.165, 1.54) is 52.4 Å². The maximum absolute atomic E-state index is 12.0. The van der Waals surface area contributed by atoms with Crippen LogP contribution in [0.25, 0.3) is 0 Å². The smallest absolute Gasteiger partial charge is 0.303 e. The minimum atomic E-state index is -1.14. The van der Waals surface area contributed by atoms with Crippen molar-refractivity contribution in [1.29, 1.82) is 0 Å². The standard InChI is InChI=1S/C25H40O5/c1-16(26)29-15-22(30-17(2)27)25(28)14-11-21-19-9-8-18-7-5-6-12-23(18,3)20(19)10-13-24(21,25)4/h18-22,28H,5-15H2,1-4H3/t18-,19-,20+,21+,22-,23+,24+,25+/m1/s1. The number of ether oxygens (including phenoxy) is 2. The fourth-order valence-electron chi connectivity index (χ4n) is 8.54. The molecule has 4 aliphatic carbocycles. The average molecular weight is 421 g/mol. The molecule has 0 aromatic heterocycles. The number of hydrogen-bond donors (Lipinski definition) is 1. The van der Waals surface area contributed by atoms with Gasteiger partial charge in [0, 0.05) is 19.3 Å². The molecule has 1 N–H and O–H groups in total. The highest BCUT2D eigenvalue weighted by Gasteiger charge is 2.67. The van der Waals surface area contributed by atoms with Gasteiger partial charge in [0.1, 0.15) is 12.2 Å². The highest BCUT2D eigenvalue weighted by molar-refractivity contribution is 5.67. The molecule has 0 heterocycles. The second-order valence-electron chi connectivity index (χ2n) is 11.2. The summed E-state index contributed by atoms with van der Waals surface area (Å²) >= 11 is 0. The normalized spacial score (nSPS) is 46.2. The van der Waals surface area contributed by atoms with Gasteiger partial charge in [-0.05, 0) is 80.5 Å². The number of carbonyl (C=O) groups is 2. The molecule has 4 saturated carbocycles. The van der Waals surface area contributed by atoms with Crippen molar-refractivity contribution < 1.29 is 24.2 Å². The number of rotatable bonds is 4. The Morgan fingerprint density at radius 1 is 0.933 bits per heavy atom. The van der Waals surface area contributed by atoms with Crippen LogP contribution in [0.2, 0.25) is 0 Å². The molecular formula is C25H40O5. The number of hydrogen-bond acceptors (Lipinski definition) is 5. The number of fused-ring (bicyclic) bond motifs is 5. The van der Waals surface area contributed by atoms with Crippen LogP contribution < -0.4 is 0 Å². The van der Waals surface area contributed by atoms with Crippen LogP contribution in [0.15, 0.2) is 0 Å².